The van der Waals surface area contributed by atoms with E-state index in [1.807, 2.05) is 30.3 Å². The Morgan fingerprint density at radius 3 is 2.74 bits per heavy atom. The van der Waals surface area contributed by atoms with Gasteiger partial charge in [-0.2, -0.15) is 5.10 Å². The van der Waals surface area contributed by atoms with E-state index >= 15 is 0 Å². The molecule has 0 saturated carbocycles. The van der Waals surface area contributed by atoms with E-state index in [1.54, 1.807) is 6.20 Å². The summed E-state index contributed by atoms with van der Waals surface area (Å²) in [4.78, 5) is 0. The first-order valence-corrected chi connectivity index (χ1v) is 8.87. The molecule has 0 atom stereocenters. The number of allylic oxidation sites excluding steroid dienone is 1. The number of hydrogen-bond acceptors (Lipinski definition) is 2. The normalized spacial score (nSPS) is 9.78. The van der Waals surface area contributed by atoms with Crippen molar-refractivity contribution in [3.05, 3.63) is 78.0 Å². The maximum atomic E-state index is 5.23. The lowest BCUT2D eigenvalue weighted by molar-refractivity contribution is 0.975. The number of aromatic nitrogens is 2. The summed E-state index contributed by atoms with van der Waals surface area (Å²) in [7, 11) is 0. The van der Waals surface area contributed by atoms with Crippen molar-refractivity contribution in [1.82, 2.24) is 10.2 Å². The number of H-pyrrole nitrogens is 1. The first kappa shape index (κ1) is 18.1. The van der Waals surface area contributed by atoms with Crippen molar-refractivity contribution in [1.29, 1.82) is 0 Å². The predicted octanol–water partition coefficient (Wildman–Crippen LogP) is 5.29. The summed E-state index contributed by atoms with van der Waals surface area (Å²) in [5.74, 6) is 6.38. The fraction of sp³-hybridized carbons (Fsp3) is 0.125. The molecular formula is C24H21N3. The van der Waals surface area contributed by atoms with Crippen LogP contribution in [-0.4, -0.2) is 10.2 Å². The molecule has 2 N–H and O–H groups in total. The fourth-order valence-corrected chi connectivity index (χ4v) is 2.80. The Morgan fingerprint density at radius 1 is 1.19 bits per heavy atom. The maximum absolute atomic E-state index is 5.23. The second kappa shape index (κ2) is 8.61. The van der Waals surface area contributed by atoms with Crippen LogP contribution < -0.4 is 5.32 Å². The highest BCUT2D eigenvalue weighted by atomic mass is 15.1. The summed E-state index contributed by atoms with van der Waals surface area (Å²) in [5.41, 5.74) is 6.91. The van der Waals surface area contributed by atoms with E-state index in [1.165, 1.54) is 0 Å². The van der Waals surface area contributed by atoms with E-state index in [2.05, 4.69) is 65.1 Å². The van der Waals surface area contributed by atoms with Gasteiger partial charge in [-0.25, -0.2) is 0 Å². The summed E-state index contributed by atoms with van der Waals surface area (Å²) in [5, 5.41) is 10.1. The van der Waals surface area contributed by atoms with Crippen LogP contribution >= 0.6 is 0 Å². The zero-order chi connectivity index (χ0) is 19.1. The Kier molecular flexibility index (Phi) is 5.77. The van der Waals surface area contributed by atoms with Gasteiger partial charge in [0.2, 0.25) is 0 Å². The average Bonchev–Trinajstić information content (AvgIpc) is 3.17. The molecular weight excluding hydrogens is 330 g/mol. The largest absolute Gasteiger partial charge is 0.315 e. The molecule has 1 heterocycles. The first-order valence-electron chi connectivity index (χ1n) is 8.87. The summed E-state index contributed by atoms with van der Waals surface area (Å²) >= 11 is 0. The Bertz CT molecular complexity index is 1040. The third-order valence-corrected chi connectivity index (χ3v) is 4.19. The van der Waals surface area contributed by atoms with Crippen molar-refractivity contribution in [3.8, 4) is 35.6 Å². The van der Waals surface area contributed by atoms with Crippen LogP contribution in [0.5, 0.6) is 0 Å². The van der Waals surface area contributed by atoms with Crippen LogP contribution in [-0.2, 0) is 0 Å². The van der Waals surface area contributed by atoms with Gasteiger partial charge in [0.15, 0.2) is 0 Å². The van der Waals surface area contributed by atoms with Gasteiger partial charge in [-0.15, -0.1) is 0 Å². The SMILES string of the molecule is C#CNc1ccc(C#Cc2cn[nH]c2-c2cccc(C(=C)CCC)c2)cc1. The number of nitrogens with one attached hydrogen (secondary N) is 2. The fourth-order valence-electron chi connectivity index (χ4n) is 2.80. The van der Waals surface area contributed by atoms with Crippen molar-refractivity contribution in [3.63, 3.8) is 0 Å². The highest BCUT2D eigenvalue weighted by molar-refractivity contribution is 5.73. The molecule has 0 bridgehead atoms. The van der Waals surface area contributed by atoms with E-state index in [9.17, 15) is 0 Å². The topological polar surface area (TPSA) is 40.7 Å². The zero-order valence-electron chi connectivity index (χ0n) is 15.3. The Morgan fingerprint density at radius 2 is 2.00 bits per heavy atom. The quantitative estimate of drug-likeness (QED) is 0.484. The van der Waals surface area contributed by atoms with Gasteiger partial charge in [-0.05, 0) is 47.9 Å². The predicted molar refractivity (Wildman–Crippen MR) is 113 cm³/mol. The van der Waals surface area contributed by atoms with E-state index in [0.29, 0.717) is 0 Å². The molecule has 0 saturated heterocycles. The van der Waals surface area contributed by atoms with Crippen molar-refractivity contribution in [2.24, 2.45) is 0 Å². The molecule has 0 aliphatic rings. The lowest BCUT2D eigenvalue weighted by atomic mass is 9.99. The minimum atomic E-state index is 0.860. The summed E-state index contributed by atoms with van der Waals surface area (Å²) < 4.78 is 0. The van der Waals surface area contributed by atoms with Gasteiger partial charge in [0.1, 0.15) is 0 Å². The summed E-state index contributed by atoms with van der Waals surface area (Å²) in [6, 6.07) is 18.4. The molecule has 132 valence electrons. The second-order valence-corrected chi connectivity index (χ2v) is 6.19. The molecule has 3 heteroatoms. The summed E-state index contributed by atoms with van der Waals surface area (Å²) in [6.45, 7) is 6.34. The Labute approximate surface area is 160 Å². The molecule has 27 heavy (non-hydrogen) atoms. The number of hydrogen-bond donors (Lipinski definition) is 2. The van der Waals surface area contributed by atoms with Gasteiger partial charge in [0.25, 0.3) is 0 Å². The monoisotopic (exact) mass is 351 g/mol. The highest BCUT2D eigenvalue weighted by Gasteiger charge is 2.07. The number of benzene rings is 2. The zero-order valence-corrected chi connectivity index (χ0v) is 15.3. The number of aromatic amines is 1. The van der Waals surface area contributed by atoms with E-state index in [4.69, 9.17) is 6.42 Å². The van der Waals surface area contributed by atoms with Crippen LogP contribution in [0.25, 0.3) is 16.8 Å². The Balaban J connectivity index is 1.86. The molecule has 0 amide bonds. The van der Waals surface area contributed by atoms with Crippen molar-refractivity contribution in [2.45, 2.75) is 19.8 Å². The lowest BCUT2D eigenvalue weighted by Gasteiger charge is -2.07. The van der Waals surface area contributed by atoms with Crippen molar-refractivity contribution in [2.75, 3.05) is 5.32 Å². The van der Waals surface area contributed by atoms with Gasteiger partial charge >= 0.3 is 0 Å². The number of anilines is 1. The molecule has 0 aliphatic heterocycles. The second-order valence-electron chi connectivity index (χ2n) is 6.19. The van der Waals surface area contributed by atoms with Crippen LogP contribution in [0.2, 0.25) is 0 Å². The van der Waals surface area contributed by atoms with Crippen LogP contribution in [0.4, 0.5) is 5.69 Å². The molecule has 2 aromatic carbocycles. The van der Waals surface area contributed by atoms with Crippen LogP contribution in [0.1, 0.15) is 36.5 Å². The van der Waals surface area contributed by atoms with E-state index < -0.39 is 0 Å². The standard InChI is InChI=1S/C24H21N3/c1-4-7-18(3)20-8-6-9-21(16-20)24-22(17-26-27-24)13-10-19-11-14-23(15-12-19)25-5-2/h2,6,8-9,11-12,14-17,25H,3-4,7H2,1H3,(H,26,27). The smallest absolute Gasteiger partial charge is 0.0807 e. The van der Waals surface area contributed by atoms with Gasteiger partial charge < -0.3 is 5.32 Å². The maximum Gasteiger partial charge on any atom is 0.0807 e. The van der Waals surface area contributed by atoms with Gasteiger partial charge in [-0.3, -0.25) is 5.10 Å². The minimum absolute atomic E-state index is 0.860. The van der Waals surface area contributed by atoms with Crippen molar-refractivity contribution >= 4 is 11.3 Å². The third kappa shape index (κ3) is 4.48. The van der Waals surface area contributed by atoms with Crippen molar-refractivity contribution < 1.29 is 0 Å². The third-order valence-electron chi connectivity index (χ3n) is 4.19. The molecule has 0 radical (unpaired) electrons. The average molecular weight is 351 g/mol. The van der Waals surface area contributed by atoms with Crippen LogP contribution in [0, 0.1) is 24.3 Å². The van der Waals surface area contributed by atoms with Crippen LogP contribution in [0.15, 0.2) is 61.3 Å². The minimum Gasteiger partial charge on any atom is -0.315 e. The Hall–Kier alpha value is -3.69. The molecule has 0 fully saturated rings. The van der Waals surface area contributed by atoms with Gasteiger partial charge in [0, 0.05) is 22.9 Å². The first-order chi connectivity index (χ1) is 13.2. The molecule has 3 aromatic rings. The molecule has 0 spiro atoms. The molecule has 3 rings (SSSR count). The number of nitrogens with zero attached hydrogens (tertiary/aromatic N) is 1. The lowest BCUT2D eigenvalue weighted by Crippen LogP contribution is -1.87. The number of rotatable bonds is 5. The molecule has 1 aromatic heterocycles. The molecule has 3 nitrogen and oxygen atoms in total. The number of terminal acetylenes is 1. The summed E-state index contributed by atoms with van der Waals surface area (Å²) in [6.07, 6.45) is 9.06. The van der Waals surface area contributed by atoms with E-state index in [0.717, 1.165) is 52.0 Å². The van der Waals surface area contributed by atoms with Gasteiger partial charge in [0.05, 0.1) is 17.5 Å². The highest BCUT2D eigenvalue weighted by Crippen LogP contribution is 2.25. The molecule has 0 unspecified atom stereocenters. The van der Waals surface area contributed by atoms with Gasteiger partial charge in [-0.1, -0.05) is 56.4 Å². The van der Waals surface area contributed by atoms with Crippen LogP contribution in [0.3, 0.4) is 0 Å². The van der Waals surface area contributed by atoms with E-state index in [-0.39, 0.29) is 0 Å². The molecule has 0 aliphatic carbocycles.